The Kier molecular flexibility index (Phi) is 16.8. The monoisotopic (exact) mass is 395 g/mol. The van der Waals surface area contributed by atoms with Crippen LogP contribution in [0.15, 0.2) is 30.4 Å². The van der Waals surface area contributed by atoms with Crippen LogP contribution in [0, 0.1) is 17.1 Å². The lowest BCUT2D eigenvalue weighted by Gasteiger charge is -2.12. The number of amides is 2. The molecular weight excluding hydrogens is 369 g/mol. The van der Waals surface area contributed by atoms with E-state index in [0.29, 0.717) is 0 Å². The van der Waals surface area contributed by atoms with E-state index >= 15 is 0 Å². The molecule has 0 saturated heterocycles. The molecule has 1 aliphatic rings. The first-order chi connectivity index (χ1) is 13.4. The highest BCUT2D eigenvalue weighted by Crippen LogP contribution is 2.14. The fourth-order valence-electron chi connectivity index (χ4n) is 1.88. The zero-order valence-electron chi connectivity index (χ0n) is 16.2. The molecule has 0 fully saturated rings. The quantitative estimate of drug-likeness (QED) is 0.591. The highest BCUT2D eigenvalue weighted by molar-refractivity contribution is 6.08. The third kappa shape index (κ3) is 12.3. The molecule has 1 aliphatic carbocycles. The van der Waals surface area contributed by atoms with E-state index < -0.39 is 23.7 Å². The minimum absolute atomic E-state index is 0.0401. The number of primary amides is 1. The highest BCUT2D eigenvalue weighted by atomic mass is 19.1. The van der Waals surface area contributed by atoms with Crippen molar-refractivity contribution in [1.29, 1.82) is 5.26 Å². The summed E-state index contributed by atoms with van der Waals surface area (Å²) in [6, 6.07) is 5.01. The van der Waals surface area contributed by atoms with Crippen molar-refractivity contribution in [2.24, 2.45) is 5.73 Å². The average molecular weight is 395 g/mol. The maximum Gasteiger partial charge on any atom is 0.263 e. The number of nitriles is 1. The number of carbonyl (C=O) groups excluding carboxylic acids is 3. The first-order valence-electron chi connectivity index (χ1n) is 8.07. The van der Waals surface area contributed by atoms with Gasteiger partial charge in [-0.1, -0.05) is 12.2 Å². The predicted octanol–water partition coefficient (Wildman–Crippen LogP) is 1.94. The molecule has 0 bridgehead atoms. The van der Waals surface area contributed by atoms with Crippen LogP contribution in [0.5, 0.6) is 0 Å². The number of benzene rings is 1. The summed E-state index contributed by atoms with van der Waals surface area (Å²) >= 11 is 0. The Bertz CT molecular complexity index is 668. The summed E-state index contributed by atoms with van der Waals surface area (Å²) in [5.74, 6) is -2.48. The number of carbonyl (C=O) groups is 3. The van der Waals surface area contributed by atoms with Crippen molar-refractivity contribution < 1.29 is 28.2 Å². The van der Waals surface area contributed by atoms with Gasteiger partial charge in [0.2, 0.25) is 6.10 Å². The number of anilines is 1. The van der Waals surface area contributed by atoms with E-state index in [1.54, 1.807) is 20.3 Å². The van der Waals surface area contributed by atoms with Crippen LogP contribution in [0.25, 0.3) is 0 Å². The zero-order chi connectivity index (χ0) is 21.9. The molecule has 2 rings (SSSR count). The van der Waals surface area contributed by atoms with Crippen molar-refractivity contribution >= 4 is 24.3 Å². The second kappa shape index (κ2) is 17.3. The summed E-state index contributed by atoms with van der Waals surface area (Å²) in [4.78, 5) is 30.4. The molecule has 0 radical (unpaired) electrons. The topological polar surface area (TPSA) is 132 Å². The molecule has 1 aromatic carbocycles. The number of hydrogen-bond acceptors (Lipinski definition) is 6. The number of nitrogens with one attached hydrogen (secondary N) is 1. The van der Waals surface area contributed by atoms with Gasteiger partial charge in [-0.15, -0.1) is 0 Å². The van der Waals surface area contributed by atoms with Gasteiger partial charge < -0.3 is 25.3 Å². The largest absolute Gasteiger partial charge is 0.388 e. The molecule has 3 N–H and O–H groups in total. The summed E-state index contributed by atoms with van der Waals surface area (Å²) in [6.07, 6.45) is 7.03. The van der Waals surface area contributed by atoms with Gasteiger partial charge in [-0.25, -0.2) is 4.39 Å². The van der Waals surface area contributed by atoms with E-state index in [4.69, 9.17) is 15.8 Å². The maximum absolute atomic E-state index is 13.1. The lowest BCUT2D eigenvalue weighted by atomic mass is 10.2. The van der Waals surface area contributed by atoms with E-state index in [1.165, 1.54) is 25.3 Å². The number of ether oxygens (including phenoxy) is 2. The average Bonchev–Trinajstić information content (AvgIpc) is 3.23. The van der Waals surface area contributed by atoms with Crippen LogP contribution in [0.2, 0.25) is 0 Å². The van der Waals surface area contributed by atoms with Crippen molar-refractivity contribution in [2.75, 3.05) is 26.6 Å². The molecule has 1 atom stereocenters. The number of halogens is 1. The van der Waals surface area contributed by atoms with Crippen LogP contribution in [0.1, 0.15) is 24.8 Å². The molecule has 8 nitrogen and oxygen atoms in total. The Hall–Kier alpha value is -3.09. The second-order valence-corrected chi connectivity index (χ2v) is 5.16. The van der Waals surface area contributed by atoms with Gasteiger partial charge in [0.05, 0.1) is 11.6 Å². The molecule has 0 aliphatic heterocycles. The van der Waals surface area contributed by atoms with Gasteiger partial charge in [-0.05, 0) is 37.5 Å². The Balaban J connectivity index is 0. The van der Waals surface area contributed by atoms with Crippen molar-refractivity contribution in [2.45, 2.75) is 25.4 Å². The molecule has 1 aromatic rings. The SMILES string of the molecule is C1=CCCC1.C=O.COC.COC(C(N)=O)C(=O)Nc1cc(F)cc(C#N)c1. The van der Waals surface area contributed by atoms with Crippen LogP contribution < -0.4 is 11.1 Å². The molecule has 0 spiro atoms. The third-order valence-electron chi connectivity index (χ3n) is 2.93. The van der Waals surface area contributed by atoms with E-state index in [-0.39, 0.29) is 11.3 Å². The van der Waals surface area contributed by atoms with E-state index in [2.05, 4.69) is 26.9 Å². The Morgan fingerprint density at radius 3 is 2.11 bits per heavy atom. The fourth-order valence-corrected chi connectivity index (χ4v) is 1.88. The Morgan fingerprint density at radius 1 is 1.21 bits per heavy atom. The molecule has 1 unspecified atom stereocenters. The molecule has 9 heteroatoms. The third-order valence-corrected chi connectivity index (χ3v) is 2.93. The smallest absolute Gasteiger partial charge is 0.263 e. The van der Waals surface area contributed by atoms with Crippen molar-refractivity contribution in [3.05, 3.63) is 41.7 Å². The van der Waals surface area contributed by atoms with E-state index in [9.17, 15) is 14.0 Å². The van der Waals surface area contributed by atoms with Gasteiger partial charge in [0, 0.05) is 27.0 Å². The van der Waals surface area contributed by atoms with Crippen LogP contribution in [-0.2, 0) is 23.9 Å². The van der Waals surface area contributed by atoms with Crippen molar-refractivity contribution in [3.63, 3.8) is 0 Å². The van der Waals surface area contributed by atoms with Crippen LogP contribution in [0.4, 0.5) is 10.1 Å². The summed E-state index contributed by atoms with van der Waals surface area (Å²) in [5, 5.41) is 10.9. The number of methoxy groups -OCH3 is 2. The number of rotatable bonds is 4. The summed E-state index contributed by atoms with van der Waals surface area (Å²) in [7, 11) is 4.39. The zero-order valence-corrected chi connectivity index (χ0v) is 16.2. The standard InChI is InChI=1S/C11H10FN3O3.C5H8.C2H6O.CH2O/c1-18-9(10(14)16)11(17)15-8-3-6(5-13)2-7(12)4-8;1-2-4-5-3-1;1-3-2;1-2/h2-4,9H,1H3,(H2,14,16)(H,15,17);1-2H,3-5H2;1-2H3;1H2. The van der Waals surface area contributed by atoms with Crippen LogP contribution in [0.3, 0.4) is 0 Å². The highest BCUT2D eigenvalue weighted by Gasteiger charge is 2.23. The van der Waals surface area contributed by atoms with Gasteiger partial charge in [-0.2, -0.15) is 5.26 Å². The van der Waals surface area contributed by atoms with Gasteiger partial charge >= 0.3 is 0 Å². The molecule has 0 aromatic heterocycles. The predicted molar refractivity (Wildman–Crippen MR) is 103 cm³/mol. The van der Waals surface area contributed by atoms with Gasteiger partial charge in [0.15, 0.2) is 0 Å². The molecule has 28 heavy (non-hydrogen) atoms. The summed E-state index contributed by atoms with van der Waals surface area (Å²) in [5.41, 5.74) is 5.02. The lowest BCUT2D eigenvalue weighted by molar-refractivity contribution is -0.138. The number of nitrogens with two attached hydrogens (primary N) is 1. The summed E-state index contributed by atoms with van der Waals surface area (Å²) < 4.78 is 21.9. The van der Waals surface area contributed by atoms with Crippen molar-refractivity contribution in [1.82, 2.24) is 0 Å². The second-order valence-electron chi connectivity index (χ2n) is 5.16. The Labute approximate surface area is 164 Å². The molecule has 154 valence electrons. The van der Waals surface area contributed by atoms with Gasteiger partial charge in [0.1, 0.15) is 12.6 Å². The maximum atomic E-state index is 13.1. The van der Waals surface area contributed by atoms with E-state index in [1.807, 2.05) is 6.79 Å². The summed E-state index contributed by atoms with van der Waals surface area (Å²) in [6.45, 7) is 2.00. The normalized spacial score (nSPS) is 11.8. The molecule has 0 heterocycles. The molecule has 0 saturated carbocycles. The van der Waals surface area contributed by atoms with Crippen LogP contribution >= 0.6 is 0 Å². The first-order valence-corrected chi connectivity index (χ1v) is 8.07. The minimum Gasteiger partial charge on any atom is -0.388 e. The van der Waals surface area contributed by atoms with Crippen molar-refractivity contribution in [3.8, 4) is 6.07 Å². The number of hydrogen-bond donors (Lipinski definition) is 2. The van der Waals surface area contributed by atoms with Gasteiger partial charge in [0.25, 0.3) is 11.8 Å². The minimum atomic E-state index is -1.47. The number of nitrogens with zero attached hydrogens (tertiary/aromatic N) is 1. The van der Waals surface area contributed by atoms with Crippen LogP contribution in [-0.4, -0.2) is 46.0 Å². The Morgan fingerprint density at radius 2 is 1.75 bits per heavy atom. The molecular formula is C19H26FN3O5. The lowest BCUT2D eigenvalue weighted by Crippen LogP contribution is -2.40. The molecule has 2 amide bonds. The fraction of sp³-hybridized carbons (Fsp3) is 0.368. The first kappa shape index (κ1) is 27.1. The van der Waals surface area contributed by atoms with Gasteiger partial charge in [-0.3, -0.25) is 9.59 Å². The number of allylic oxidation sites excluding steroid dienone is 2. The van der Waals surface area contributed by atoms with E-state index in [0.717, 1.165) is 19.2 Å².